The maximum absolute atomic E-state index is 12.6. The van der Waals surface area contributed by atoms with E-state index >= 15 is 0 Å². The van der Waals surface area contributed by atoms with E-state index in [1.807, 2.05) is 30.3 Å². The molecule has 0 saturated carbocycles. The van der Waals surface area contributed by atoms with E-state index in [-0.39, 0.29) is 24.8 Å². The summed E-state index contributed by atoms with van der Waals surface area (Å²) in [5.74, 6) is -0.856. The predicted octanol–water partition coefficient (Wildman–Crippen LogP) is 3.72. The highest BCUT2D eigenvalue weighted by atomic mass is 32.1. The molecular formula is C22H21N2O4S+. The van der Waals surface area contributed by atoms with Gasteiger partial charge >= 0.3 is 5.97 Å². The number of nitrogens with zero attached hydrogens (tertiary/aromatic N) is 1. The molecule has 2 aromatic heterocycles. The van der Waals surface area contributed by atoms with Crippen LogP contribution in [0.1, 0.15) is 34.6 Å². The SMILES string of the molecule is CCOC(=O)c1cc(-c2ccccc2)sc1NC(=O)C[n+]1cccc(C(C)=O)c1. The molecule has 0 aliphatic carbocycles. The molecule has 1 N–H and O–H groups in total. The van der Waals surface area contributed by atoms with Gasteiger partial charge in [0.15, 0.2) is 18.2 Å². The zero-order valence-electron chi connectivity index (χ0n) is 16.2. The van der Waals surface area contributed by atoms with Gasteiger partial charge in [-0.05, 0) is 31.5 Å². The largest absolute Gasteiger partial charge is 0.462 e. The Morgan fingerprint density at radius 2 is 1.86 bits per heavy atom. The number of carbonyl (C=O) groups is 3. The van der Waals surface area contributed by atoms with Gasteiger partial charge in [0.05, 0.1) is 17.7 Å². The van der Waals surface area contributed by atoms with Crippen molar-refractivity contribution in [3.63, 3.8) is 0 Å². The second kappa shape index (κ2) is 9.25. The molecule has 2 heterocycles. The predicted molar refractivity (Wildman–Crippen MR) is 111 cm³/mol. The molecule has 0 aliphatic heterocycles. The maximum Gasteiger partial charge on any atom is 0.341 e. The smallest absolute Gasteiger partial charge is 0.341 e. The van der Waals surface area contributed by atoms with Crippen LogP contribution < -0.4 is 9.88 Å². The van der Waals surface area contributed by atoms with Crippen LogP contribution in [0.2, 0.25) is 0 Å². The first-order valence-corrected chi connectivity index (χ1v) is 9.96. The Morgan fingerprint density at radius 3 is 2.55 bits per heavy atom. The summed E-state index contributed by atoms with van der Waals surface area (Å²) < 4.78 is 6.76. The molecule has 3 aromatic rings. The van der Waals surface area contributed by atoms with Crippen LogP contribution in [0.15, 0.2) is 60.9 Å². The molecule has 7 heteroatoms. The number of amides is 1. The van der Waals surface area contributed by atoms with Crippen LogP contribution in [-0.4, -0.2) is 24.3 Å². The third kappa shape index (κ3) is 5.14. The Bertz CT molecular complexity index is 1040. The molecule has 0 spiro atoms. The number of ketones is 1. The fraction of sp³-hybridized carbons (Fsp3) is 0.182. The number of rotatable bonds is 7. The van der Waals surface area contributed by atoms with Crippen LogP contribution in [0, 0.1) is 0 Å². The van der Waals surface area contributed by atoms with Crippen LogP contribution in [0.5, 0.6) is 0 Å². The molecule has 29 heavy (non-hydrogen) atoms. The van der Waals surface area contributed by atoms with Gasteiger partial charge in [-0.3, -0.25) is 9.59 Å². The molecule has 0 atom stereocenters. The van der Waals surface area contributed by atoms with E-state index < -0.39 is 5.97 Å². The summed E-state index contributed by atoms with van der Waals surface area (Å²) in [5.41, 5.74) is 1.80. The van der Waals surface area contributed by atoms with Crippen LogP contribution in [0.25, 0.3) is 10.4 Å². The van der Waals surface area contributed by atoms with E-state index in [1.165, 1.54) is 18.3 Å². The van der Waals surface area contributed by atoms with Gasteiger partial charge in [-0.2, -0.15) is 4.57 Å². The zero-order valence-corrected chi connectivity index (χ0v) is 17.0. The molecule has 0 bridgehead atoms. The number of thiophene rings is 1. The Hall–Kier alpha value is -3.32. The summed E-state index contributed by atoms with van der Waals surface area (Å²) in [6, 6.07) is 14.8. The number of carbonyl (C=O) groups excluding carboxylic acids is 3. The minimum Gasteiger partial charge on any atom is -0.462 e. The van der Waals surface area contributed by atoms with Crippen molar-refractivity contribution >= 4 is 34.0 Å². The lowest BCUT2D eigenvalue weighted by atomic mass is 10.1. The average Bonchev–Trinajstić information content (AvgIpc) is 3.12. The van der Waals surface area contributed by atoms with E-state index in [0.717, 1.165) is 10.4 Å². The number of hydrogen-bond acceptors (Lipinski definition) is 5. The number of Topliss-reactive ketones (excluding diaryl/α,β-unsaturated/α-hetero) is 1. The van der Waals surface area contributed by atoms with E-state index in [2.05, 4.69) is 5.32 Å². The third-order valence-electron chi connectivity index (χ3n) is 4.13. The molecule has 6 nitrogen and oxygen atoms in total. The van der Waals surface area contributed by atoms with Crippen molar-refractivity contribution in [1.29, 1.82) is 0 Å². The molecule has 0 aliphatic rings. The quantitative estimate of drug-likeness (QED) is 0.367. The Kier molecular flexibility index (Phi) is 6.51. The monoisotopic (exact) mass is 409 g/mol. The number of anilines is 1. The van der Waals surface area contributed by atoms with Gasteiger partial charge in [0, 0.05) is 10.9 Å². The van der Waals surface area contributed by atoms with Crippen molar-refractivity contribution in [2.75, 3.05) is 11.9 Å². The Balaban J connectivity index is 1.84. The van der Waals surface area contributed by atoms with Crippen molar-refractivity contribution in [2.45, 2.75) is 20.4 Å². The molecule has 0 unspecified atom stereocenters. The number of ether oxygens (including phenoxy) is 1. The van der Waals surface area contributed by atoms with Crippen LogP contribution in [0.3, 0.4) is 0 Å². The lowest BCUT2D eigenvalue weighted by Gasteiger charge is -2.05. The lowest BCUT2D eigenvalue weighted by molar-refractivity contribution is -0.684. The van der Waals surface area contributed by atoms with Gasteiger partial charge in [0.1, 0.15) is 5.00 Å². The van der Waals surface area contributed by atoms with Gasteiger partial charge in [-0.1, -0.05) is 30.3 Å². The summed E-state index contributed by atoms with van der Waals surface area (Å²) in [6.45, 7) is 3.47. The number of pyridine rings is 1. The van der Waals surface area contributed by atoms with E-state index in [9.17, 15) is 14.4 Å². The number of aromatic nitrogens is 1. The molecular weight excluding hydrogens is 388 g/mol. The first-order chi connectivity index (χ1) is 14.0. The second-order valence-electron chi connectivity index (χ2n) is 6.31. The van der Waals surface area contributed by atoms with Crippen molar-refractivity contribution < 1.29 is 23.7 Å². The number of benzene rings is 1. The van der Waals surface area contributed by atoms with Crippen molar-refractivity contribution in [3.05, 3.63) is 72.1 Å². The van der Waals surface area contributed by atoms with Crippen LogP contribution in [0.4, 0.5) is 5.00 Å². The first-order valence-electron chi connectivity index (χ1n) is 9.14. The highest BCUT2D eigenvalue weighted by Gasteiger charge is 2.21. The highest BCUT2D eigenvalue weighted by Crippen LogP contribution is 2.35. The minimum atomic E-state index is -0.479. The highest BCUT2D eigenvalue weighted by molar-refractivity contribution is 7.20. The number of nitrogens with one attached hydrogen (secondary N) is 1. The summed E-state index contributed by atoms with van der Waals surface area (Å²) in [4.78, 5) is 37.3. The zero-order chi connectivity index (χ0) is 20.8. The normalized spacial score (nSPS) is 10.4. The van der Waals surface area contributed by atoms with Crippen molar-refractivity contribution in [2.24, 2.45) is 0 Å². The number of hydrogen-bond donors (Lipinski definition) is 1. The summed E-state index contributed by atoms with van der Waals surface area (Å²) in [7, 11) is 0. The van der Waals surface area contributed by atoms with Gasteiger partial charge in [-0.15, -0.1) is 11.3 Å². The topological polar surface area (TPSA) is 76.3 Å². The fourth-order valence-corrected chi connectivity index (χ4v) is 3.82. The van der Waals surface area contributed by atoms with Gasteiger partial charge < -0.3 is 10.1 Å². The van der Waals surface area contributed by atoms with Crippen molar-refractivity contribution in [3.8, 4) is 10.4 Å². The molecule has 0 radical (unpaired) electrons. The summed E-state index contributed by atoms with van der Waals surface area (Å²) >= 11 is 1.32. The summed E-state index contributed by atoms with van der Waals surface area (Å²) in [5, 5.41) is 3.25. The average molecular weight is 409 g/mol. The van der Waals surface area contributed by atoms with Gasteiger partial charge in [0.25, 0.3) is 5.91 Å². The van der Waals surface area contributed by atoms with Gasteiger partial charge in [0.2, 0.25) is 6.54 Å². The van der Waals surface area contributed by atoms with E-state index in [4.69, 9.17) is 4.74 Å². The lowest BCUT2D eigenvalue weighted by Crippen LogP contribution is -2.40. The Labute approximate surface area is 172 Å². The maximum atomic E-state index is 12.6. The fourth-order valence-electron chi connectivity index (χ4n) is 2.75. The standard InChI is InChI=1S/C22H20N2O4S/c1-3-28-22(27)18-12-19(16-8-5-4-6-9-16)29-21(18)23-20(26)14-24-11-7-10-17(13-24)15(2)25/h4-13H,3,14H2,1-2H3/p+1. The van der Waals surface area contributed by atoms with Crippen LogP contribution >= 0.6 is 11.3 Å². The molecule has 3 rings (SSSR count). The summed E-state index contributed by atoms with van der Waals surface area (Å²) in [6.07, 6.45) is 3.33. The number of esters is 1. The molecule has 1 aromatic carbocycles. The molecule has 148 valence electrons. The molecule has 0 saturated heterocycles. The first kappa shape index (κ1) is 20.4. The van der Waals surface area contributed by atoms with E-state index in [1.54, 1.807) is 42.1 Å². The minimum absolute atomic E-state index is 0.0158. The van der Waals surface area contributed by atoms with E-state index in [0.29, 0.717) is 16.1 Å². The van der Waals surface area contributed by atoms with Gasteiger partial charge in [-0.25, -0.2) is 4.79 Å². The molecule has 0 fully saturated rings. The molecule has 1 amide bonds. The Morgan fingerprint density at radius 1 is 1.10 bits per heavy atom. The van der Waals surface area contributed by atoms with Crippen LogP contribution in [-0.2, 0) is 16.1 Å². The third-order valence-corrected chi connectivity index (χ3v) is 5.23. The second-order valence-corrected chi connectivity index (χ2v) is 7.36. The van der Waals surface area contributed by atoms with Crippen molar-refractivity contribution in [1.82, 2.24) is 0 Å².